The van der Waals surface area contributed by atoms with Gasteiger partial charge in [0.25, 0.3) is 0 Å². The molecule has 0 aromatic carbocycles. The number of carboxylic acid groups (broad SMARTS) is 1. The molecule has 1 aliphatic carbocycles. The van der Waals surface area contributed by atoms with E-state index in [4.69, 9.17) is 5.11 Å². The summed E-state index contributed by atoms with van der Waals surface area (Å²) in [4.78, 5) is 11.1. The molecule has 0 unspecified atom stereocenters. The molecule has 0 amide bonds. The minimum Gasteiger partial charge on any atom is -0.481 e. The molecule has 0 aromatic heterocycles. The van der Waals surface area contributed by atoms with Gasteiger partial charge in [-0.1, -0.05) is 39.0 Å². The maximum Gasteiger partial charge on any atom is 0.306 e. The Morgan fingerprint density at radius 3 is 2.50 bits per heavy atom. The van der Waals surface area contributed by atoms with Crippen LogP contribution in [0.4, 0.5) is 0 Å². The van der Waals surface area contributed by atoms with Gasteiger partial charge in [0.1, 0.15) is 0 Å². The summed E-state index contributed by atoms with van der Waals surface area (Å²) in [6, 6.07) is 0. The van der Waals surface area contributed by atoms with E-state index in [2.05, 4.69) is 6.92 Å². The van der Waals surface area contributed by atoms with Crippen LogP contribution >= 0.6 is 0 Å². The van der Waals surface area contributed by atoms with E-state index in [1.54, 1.807) is 0 Å². The number of carbonyl (C=O) groups is 1. The first-order valence-electron chi connectivity index (χ1n) is 5.98. The fraction of sp³-hybridized carbons (Fsp3) is 0.917. The highest BCUT2D eigenvalue weighted by atomic mass is 16.4. The molecule has 2 heteroatoms. The summed E-state index contributed by atoms with van der Waals surface area (Å²) < 4.78 is 0. The smallest absolute Gasteiger partial charge is 0.306 e. The molecule has 1 N–H and O–H groups in total. The van der Waals surface area contributed by atoms with E-state index in [0.717, 1.165) is 32.1 Å². The minimum absolute atomic E-state index is 0.0600. The van der Waals surface area contributed by atoms with Gasteiger partial charge in [0.2, 0.25) is 0 Å². The van der Waals surface area contributed by atoms with E-state index in [1.807, 2.05) is 0 Å². The van der Waals surface area contributed by atoms with Crippen molar-refractivity contribution in [2.45, 2.75) is 58.3 Å². The van der Waals surface area contributed by atoms with Gasteiger partial charge in [-0.25, -0.2) is 0 Å². The van der Waals surface area contributed by atoms with Crippen molar-refractivity contribution >= 4 is 5.97 Å². The van der Waals surface area contributed by atoms with Crippen molar-refractivity contribution in [3.05, 3.63) is 0 Å². The molecular formula is C12H22O2. The number of hydrogen-bond donors (Lipinski definition) is 1. The van der Waals surface area contributed by atoms with Crippen molar-refractivity contribution in [3.63, 3.8) is 0 Å². The topological polar surface area (TPSA) is 37.3 Å². The maximum absolute atomic E-state index is 11.1. The zero-order chi connectivity index (χ0) is 10.4. The first-order valence-corrected chi connectivity index (χ1v) is 5.98. The minimum atomic E-state index is -0.564. The highest BCUT2D eigenvalue weighted by molar-refractivity contribution is 5.70. The Balaban J connectivity index is 2.43. The summed E-state index contributed by atoms with van der Waals surface area (Å²) in [5.74, 6) is -0.159. The Bertz CT molecular complexity index is 171. The Morgan fingerprint density at radius 1 is 1.36 bits per heavy atom. The Morgan fingerprint density at radius 2 is 2.00 bits per heavy atom. The lowest BCUT2D eigenvalue weighted by molar-refractivity contribution is -0.144. The number of aliphatic carboxylic acids is 1. The average molecular weight is 198 g/mol. The lowest BCUT2D eigenvalue weighted by Gasteiger charge is -2.27. The Hall–Kier alpha value is -0.530. The quantitative estimate of drug-likeness (QED) is 0.734. The predicted octanol–water partition coefficient (Wildman–Crippen LogP) is 3.46. The number of unbranched alkanes of at least 4 members (excludes halogenated alkanes) is 1. The maximum atomic E-state index is 11.1. The lowest BCUT2D eigenvalue weighted by atomic mass is 9.78. The number of rotatable bonds is 5. The fourth-order valence-electron chi connectivity index (χ4n) is 2.52. The van der Waals surface area contributed by atoms with Gasteiger partial charge in [0, 0.05) is 0 Å². The third-order valence-electron chi connectivity index (χ3n) is 3.40. The van der Waals surface area contributed by atoms with Crippen LogP contribution < -0.4 is 0 Å². The normalized spacial score (nSPS) is 20.6. The highest BCUT2D eigenvalue weighted by Gasteiger charge is 2.28. The van der Waals surface area contributed by atoms with Crippen LogP contribution in [0.25, 0.3) is 0 Å². The first-order chi connectivity index (χ1) is 6.75. The molecule has 1 atom stereocenters. The second kappa shape index (κ2) is 6.05. The predicted molar refractivity (Wildman–Crippen MR) is 57.2 cm³/mol. The first kappa shape index (κ1) is 11.5. The molecule has 82 valence electrons. The molecule has 1 rings (SSSR count). The van der Waals surface area contributed by atoms with Crippen LogP contribution in [0.2, 0.25) is 0 Å². The van der Waals surface area contributed by atoms with E-state index >= 15 is 0 Å². The molecule has 0 aromatic rings. The zero-order valence-corrected chi connectivity index (χ0v) is 9.17. The third-order valence-corrected chi connectivity index (χ3v) is 3.40. The summed E-state index contributed by atoms with van der Waals surface area (Å²) in [5.41, 5.74) is 0. The Kier molecular flexibility index (Phi) is 4.99. The summed E-state index contributed by atoms with van der Waals surface area (Å²) >= 11 is 0. The SMILES string of the molecule is CCCC[C@@H](C(=O)O)C1CCCCC1. The summed E-state index contributed by atoms with van der Waals surface area (Å²) in [6.07, 6.45) is 9.11. The van der Waals surface area contributed by atoms with Gasteiger partial charge >= 0.3 is 5.97 Å². The van der Waals surface area contributed by atoms with Gasteiger partial charge in [-0.2, -0.15) is 0 Å². The van der Waals surface area contributed by atoms with Crippen LogP contribution in [-0.2, 0) is 4.79 Å². The molecule has 1 fully saturated rings. The second-order valence-electron chi connectivity index (χ2n) is 4.49. The van der Waals surface area contributed by atoms with Crippen molar-refractivity contribution < 1.29 is 9.90 Å². The van der Waals surface area contributed by atoms with Crippen LogP contribution in [0, 0.1) is 11.8 Å². The van der Waals surface area contributed by atoms with Crippen molar-refractivity contribution in [3.8, 4) is 0 Å². The van der Waals surface area contributed by atoms with Crippen molar-refractivity contribution in [2.75, 3.05) is 0 Å². The van der Waals surface area contributed by atoms with Gasteiger partial charge < -0.3 is 5.11 Å². The van der Waals surface area contributed by atoms with Crippen LogP contribution in [0.1, 0.15) is 58.3 Å². The molecule has 0 bridgehead atoms. The number of hydrogen-bond acceptors (Lipinski definition) is 1. The van der Waals surface area contributed by atoms with Crippen LogP contribution in [0.3, 0.4) is 0 Å². The van der Waals surface area contributed by atoms with Crippen LogP contribution in [0.5, 0.6) is 0 Å². The molecule has 1 aliphatic rings. The van der Waals surface area contributed by atoms with E-state index in [0.29, 0.717) is 5.92 Å². The van der Waals surface area contributed by atoms with Crippen molar-refractivity contribution in [1.82, 2.24) is 0 Å². The van der Waals surface area contributed by atoms with Crippen molar-refractivity contribution in [1.29, 1.82) is 0 Å². The summed E-state index contributed by atoms with van der Waals surface area (Å²) in [5, 5.41) is 9.15. The van der Waals surface area contributed by atoms with Gasteiger partial charge in [-0.3, -0.25) is 4.79 Å². The Labute approximate surface area is 86.7 Å². The molecule has 0 aliphatic heterocycles. The van der Waals surface area contributed by atoms with Crippen molar-refractivity contribution in [2.24, 2.45) is 11.8 Å². The van der Waals surface area contributed by atoms with Gasteiger partial charge in [0.05, 0.1) is 5.92 Å². The van der Waals surface area contributed by atoms with E-state index < -0.39 is 5.97 Å². The molecule has 0 heterocycles. The molecule has 1 saturated carbocycles. The van der Waals surface area contributed by atoms with Crippen LogP contribution in [0.15, 0.2) is 0 Å². The molecule has 0 spiro atoms. The lowest BCUT2D eigenvalue weighted by Crippen LogP contribution is -2.25. The van der Waals surface area contributed by atoms with E-state index in [9.17, 15) is 4.79 Å². The average Bonchev–Trinajstić information content (AvgIpc) is 2.19. The molecule has 2 nitrogen and oxygen atoms in total. The second-order valence-corrected chi connectivity index (χ2v) is 4.49. The molecular weight excluding hydrogens is 176 g/mol. The highest BCUT2D eigenvalue weighted by Crippen LogP contribution is 2.32. The molecule has 0 radical (unpaired) electrons. The monoisotopic (exact) mass is 198 g/mol. The van der Waals surface area contributed by atoms with Crippen LogP contribution in [-0.4, -0.2) is 11.1 Å². The summed E-state index contributed by atoms with van der Waals surface area (Å²) in [7, 11) is 0. The standard InChI is InChI=1S/C12H22O2/c1-2-3-9-11(12(13)14)10-7-5-4-6-8-10/h10-11H,2-9H2,1H3,(H,13,14)/t11-/m1/s1. The van der Waals surface area contributed by atoms with Gasteiger partial charge in [-0.15, -0.1) is 0 Å². The van der Waals surface area contributed by atoms with E-state index in [-0.39, 0.29) is 5.92 Å². The molecule has 0 saturated heterocycles. The largest absolute Gasteiger partial charge is 0.481 e. The van der Waals surface area contributed by atoms with Gasteiger partial charge in [0.15, 0.2) is 0 Å². The fourth-order valence-corrected chi connectivity index (χ4v) is 2.52. The zero-order valence-electron chi connectivity index (χ0n) is 9.17. The third kappa shape index (κ3) is 3.32. The summed E-state index contributed by atoms with van der Waals surface area (Å²) in [6.45, 7) is 2.12. The molecule has 14 heavy (non-hydrogen) atoms. The van der Waals surface area contributed by atoms with E-state index in [1.165, 1.54) is 19.3 Å². The van der Waals surface area contributed by atoms with Gasteiger partial charge in [-0.05, 0) is 25.2 Å². The number of carboxylic acids is 1.